The van der Waals surface area contributed by atoms with Crippen molar-refractivity contribution in [2.24, 2.45) is 0 Å². The van der Waals surface area contributed by atoms with Crippen LogP contribution in [0, 0.1) is 0 Å². The van der Waals surface area contributed by atoms with Gasteiger partial charge in [0.1, 0.15) is 6.54 Å². The number of aromatic nitrogens is 3. The lowest BCUT2D eigenvalue weighted by Crippen LogP contribution is -2.35. The molecule has 0 bridgehead atoms. The van der Waals surface area contributed by atoms with Crippen LogP contribution in [0.1, 0.15) is 36.7 Å². The van der Waals surface area contributed by atoms with Crippen molar-refractivity contribution in [2.45, 2.75) is 44.0 Å². The monoisotopic (exact) mass is 298 g/mol. The smallest absolute Gasteiger partial charge is 0.358 e. The standard InChI is InChI=1S/C12H18N4O3S/c1-2-20-9-4-3-8(5-9)13-11(17)7-16-6-10(12(18)19)14-15-16/h6,8-9H,2-5,7H2,1H3,(H,13,17)(H,18,19). The molecule has 0 aliphatic heterocycles. The molecule has 1 heterocycles. The summed E-state index contributed by atoms with van der Waals surface area (Å²) in [6.07, 6.45) is 4.39. The van der Waals surface area contributed by atoms with Gasteiger partial charge in [-0.05, 0) is 25.0 Å². The maximum absolute atomic E-state index is 11.9. The first-order chi connectivity index (χ1) is 9.58. The predicted octanol–water partition coefficient (Wildman–Crippen LogP) is 0.767. The summed E-state index contributed by atoms with van der Waals surface area (Å²) in [5, 5.41) is 19.4. The van der Waals surface area contributed by atoms with Crippen LogP contribution in [-0.4, -0.2) is 49.0 Å². The summed E-state index contributed by atoms with van der Waals surface area (Å²) in [6, 6.07) is 0.217. The minimum Gasteiger partial charge on any atom is -0.476 e. The Morgan fingerprint density at radius 2 is 2.35 bits per heavy atom. The van der Waals surface area contributed by atoms with Crippen molar-refractivity contribution in [3.05, 3.63) is 11.9 Å². The van der Waals surface area contributed by atoms with Crippen molar-refractivity contribution in [3.63, 3.8) is 0 Å². The van der Waals surface area contributed by atoms with Gasteiger partial charge in [0.2, 0.25) is 5.91 Å². The first-order valence-corrected chi connectivity index (χ1v) is 7.67. The van der Waals surface area contributed by atoms with Gasteiger partial charge in [-0.3, -0.25) is 4.79 Å². The Hall–Kier alpha value is -1.57. The Morgan fingerprint density at radius 3 is 3.00 bits per heavy atom. The van der Waals surface area contributed by atoms with Gasteiger partial charge >= 0.3 is 5.97 Å². The molecule has 20 heavy (non-hydrogen) atoms. The number of thioether (sulfide) groups is 1. The van der Waals surface area contributed by atoms with Crippen molar-refractivity contribution < 1.29 is 14.7 Å². The van der Waals surface area contributed by atoms with Gasteiger partial charge < -0.3 is 10.4 Å². The number of carboxylic acids is 1. The maximum Gasteiger partial charge on any atom is 0.358 e. The molecule has 2 unspecified atom stereocenters. The number of aromatic carboxylic acids is 1. The van der Waals surface area contributed by atoms with Crippen molar-refractivity contribution in [2.75, 3.05) is 5.75 Å². The largest absolute Gasteiger partial charge is 0.476 e. The van der Waals surface area contributed by atoms with Crippen LogP contribution < -0.4 is 5.32 Å². The van der Waals surface area contributed by atoms with Crippen molar-refractivity contribution in [1.82, 2.24) is 20.3 Å². The molecule has 0 aromatic carbocycles. The summed E-state index contributed by atoms with van der Waals surface area (Å²) in [6.45, 7) is 2.14. The molecular weight excluding hydrogens is 280 g/mol. The van der Waals surface area contributed by atoms with E-state index in [9.17, 15) is 9.59 Å². The molecule has 110 valence electrons. The van der Waals surface area contributed by atoms with E-state index in [0.717, 1.165) is 25.0 Å². The molecule has 1 aromatic rings. The van der Waals surface area contributed by atoms with E-state index in [1.165, 1.54) is 10.9 Å². The Labute approximate surface area is 121 Å². The molecule has 1 saturated carbocycles. The van der Waals surface area contributed by atoms with E-state index in [1.54, 1.807) is 0 Å². The third-order valence-corrected chi connectivity index (χ3v) is 4.45. The lowest BCUT2D eigenvalue weighted by atomic mass is 10.2. The number of nitrogens with zero attached hydrogens (tertiary/aromatic N) is 3. The third-order valence-electron chi connectivity index (χ3n) is 3.22. The average Bonchev–Trinajstić information content (AvgIpc) is 2.99. The molecule has 1 aliphatic carbocycles. The molecule has 0 saturated heterocycles. The zero-order valence-electron chi connectivity index (χ0n) is 11.3. The Balaban J connectivity index is 1.79. The molecule has 1 aliphatic rings. The highest BCUT2D eigenvalue weighted by molar-refractivity contribution is 7.99. The minimum absolute atomic E-state index is 0.00235. The van der Waals surface area contributed by atoms with Gasteiger partial charge in [0, 0.05) is 11.3 Å². The number of carbonyl (C=O) groups excluding carboxylic acids is 1. The van der Waals surface area contributed by atoms with Gasteiger partial charge in [0.25, 0.3) is 0 Å². The molecule has 2 rings (SSSR count). The van der Waals surface area contributed by atoms with Crippen LogP contribution in [0.2, 0.25) is 0 Å². The minimum atomic E-state index is -1.15. The van der Waals surface area contributed by atoms with Crippen LogP contribution in [0.25, 0.3) is 0 Å². The Kier molecular flexibility index (Phi) is 4.99. The second-order valence-corrected chi connectivity index (χ2v) is 6.34. The number of rotatable bonds is 6. The highest BCUT2D eigenvalue weighted by Gasteiger charge is 2.25. The molecule has 1 aromatic heterocycles. The molecule has 1 fully saturated rings. The maximum atomic E-state index is 11.9. The fraction of sp³-hybridized carbons (Fsp3) is 0.667. The number of carboxylic acid groups (broad SMARTS) is 1. The lowest BCUT2D eigenvalue weighted by Gasteiger charge is -2.12. The quantitative estimate of drug-likeness (QED) is 0.805. The van der Waals surface area contributed by atoms with E-state index in [4.69, 9.17) is 5.11 Å². The van der Waals surface area contributed by atoms with Gasteiger partial charge in [-0.1, -0.05) is 12.1 Å². The van der Waals surface area contributed by atoms with Gasteiger partial charge in [-0.25, -0.2) is 9.48 Å². The van der Waals surface area contributed by atoms with Crippen molar-refractivity contribution in [3.8, 4) is 0 Å². The highest BCUT2D eigenvalue weighted by atomic mass is 32.2. The molecule has 8 heteroatoms. The number of hydrogen-bond acceptors (Lipinski definition) is 5. The van der Waals surface area contributed by atoms with Gasteiger partial charge in [-0.15, -0.1) is 5.10 Å². The van der Waals surface area contributed by atoms with Gasteiger partial charge in [0.15, 0.2) is 5.69 Å². The molecule has 0 radical (unpaired) electrons. The van der Waals surface area contributed by atoms with Crippen LogP contribution in [0.4, 0.5) is 0 Å². The Morgan fingerprint density at radius 1 is 1.55 bits per heavy atom. The predicted molar refractivity (Wildman–Crippen MR) is 74.7 cm³/mol. The normalized spacial score (nSPS) is 21.9. The fourth-order valence-corrected chi connectivity index (χ4v) is 3.49. The van der Waals surface area contributed by atoms with Crippen molar-refractivity contribution >= 4 is 23.6 Å². The number of nitrogens with one attached hydrogen (secondary N) is 1. The van der Waals surface area contributed by atoms with E-state index in [2.05, 4.69) is 22.6 Å². The zero-order valence-corrected chi connectivity index (χ0v) is 12.1. The second-order valence-electron chi connectivity index (χ2n) is 4.76. The highest BCUT2D eigenvalue weighted by Crippen LogP contribution is 2.29. The molecule has 2 N–H and O–H groups in total. The molecule has 2 atom stereocenters. The number of amides is 1. The SMILES string of the molecule is CCSC1CCC(NC(=O)Cn2cc(C(=O)O)nn2)C1. The summed E-state index contributed by atoms with van der Waals surface area (Å²) >= 11 is 1.94. The van der Waals surface area contributed by atoms with Crippen LogP contribution in [0.15, 0.2) is 6.20 Å². The summed E-state index contributed by atoms with van der Waals surface area (Å²) in [4.78, 5) is 22.5. The summed E-state index contributed by atoms with van der Waals surface area (Å²) in [7, 11) is 0. The van der Waals surface area contributed by atoms with Crippen molar-refractivity contribution in [1.29, 1.82) is 0 Å². The van der Waals surface area contributed by atoms with Gasteiger partial charge in [-0.2, -0.15) is 11.8 Å². The van der Waals surface area contributed by atoms with E-state index >= 15 is 0 Å². The summed E-state index contributed by atoms with van der Waals surface area (Å²) in [5.74, 6) is -0.201. The first kappa shape index (κ1) is 14.8. The fourth-order valence-electron chi connectivity index (χ4n) is 2.35. The zero-order chi connectivity index (χ0) is 14.5. The van der Waals surface area contributed by atoms with Crippen LogP contribution >= 0.6 is 11.8 Å². The summed E-state index contributed by atoms with van der Waals surface area (Å²) in [5.41, 5.74) is -0.155. The molecule has 1 amide bonds. The second kappa shape index (κ2) is 6.74. The number of hydrogen-bond donors (Lipinski definition) is 2. The van der Waals surface area contributed by atoms with E-state index < -0.39 is 5.97 Å². The molecule has 7 nitrogen and oxygen atoms in total. The average molecular weight is 298 g/mol. The molecule has 0 spiro atoms. The van der Waals surface area contributed by atoms with E-state index in [0.29, 0.717) is 5.25 Å². The topological polar surface area (TPSA) is 97.1 Å². The van der Waals surface area contributed by atoms with E-state index in [1.807, 2.05) is 11.8 Å². The van der Waals surface area contributed by atoms with Gasteiger partial charge in [0.05, 0.1) is 6.20 Å². The first-order valence-electron chi connectivity index (χ1n) is 6.63. The van der Waals surface area contributed by atoms with Crippen LogP contribution in [0.3, 0.4) is 0 Å². The third kappa shape index (κ3) is 3.96. The van der Waals surface area contributed by atoms with Crippen LogP contribution in [-0.2, 0) is 11.3 Å². The number of carbonyl (C=O) groups is 2. The Bertz CT molecular complexity index is 491. The van der Waals surface area contributed by atoms with Crippen LogP contribution in [0.5, 0.6) is 0 Å². The summed E-state index contributed by atoms with van der Waals surface area (Å²) < 4.78 is 1.24. The molecular formula is C12H18N4O3S. The lowest BCUT2D eigenvalue weighted by molar-refractivity contribution is -0.122. The van der Waals surface area contributed by atoms with E-state index in [-0.39, 0.29) is 24.2 Å².